The van der Waals surface area contributed by atoms with E-state index in [0.29, 0.717) is 28.1 Å². The van der Waals surface area contributed by atoms with E-state index < -0.39 is 0 Å². The summed E-state index contributed by atoms with van der Waals surface area (Å²) in [5.41, 5.74) is 3.49. The van der Waals surface area contributed by atoms with Crippen LogP contribution in [0.15, 0.2) is 76.6 Å². The minimum Gasteiger partial charge on any atom is -0.493 e. The Hall–Kier alpha value is -3.58. The van der Waals surface area contributed by atoms with Gasteiger partial charge < -0.3 is 9.47 Å². The van der Waals surface area contributed by atoms with E-state index in [-0.39, 0.29) is 18.3 Å². The summed E-state index contributed by atoms with van der Waals surface area (Å²) < 4.78 is 24.7. The van der Waals surface area contributed by atoms with Gasteiger partial charge in [0.1, 0.15) is 12.4 Å². The standard InChI is InChI=1S/C27H25FN2O3S/c1-4-30-26(31)25(34-27(30)29-22-11-8-18(2)9-12-22)16-19-10-13-23(24(15-19)32-3)33-17-20-6-5-7-21(28)14-20/h5-16H,4,17H2,1-3H3/b25-16+,29-27?. The van der Waals surface area contributed by atoms with Gasteiger partial charge in [0.05, 0.1) is 17.7 Å². The normalized spacial score (nSPS) is 15.9. The first-order valence-electron chi connectivity index (χ1n) is 10.9. The fourth-order valence-electron chi connectivity index (χ4n) is 3.43. The van der Waals surface area contributed by atoms with Gasteiger partial charge in [-0.1, -0.05) is 35.9 Å². The number of rotatable bonds is 7. The van der Waals surface area contributed by atoms with E-state index in [0.717, 1.165) is 22.4 Å². The lowest BCUT2D eigenvalue weighted by Gasteiger charge is -2.12. The monoisotopic (exact) mass is 476 g/mol. The fourth-order valence-corrected chi connectivity index (χ4v) is 4.49. The van der Waals surface area contributed by atoms with Gasteiger partial charge in [-0.15, -0.1) is 0 Å². The van der Waals surface area contributed by atoms with Gasteiger partial charge >= 0.3 is 0 Å². The molecule has 0 unspecified atom stereocenters. The second-order valence-corrected chi connectivity index (χ2v) is 8.73. The number of halogens is 1. The van der Waals surface area contributed by atoms with Crippen molar-refractivity contribution >= 4 is 34.6 Å². The summed E-state index contributed by atoms with van der Waals surface area (Å²) in [6.45, 7) is 4.70. The number of hydrogen-bond acceptors (Lipinski definition) is 5. The minimum atomic E-state index is -0.305. The maximum Gasteiger partial charge on any atom is 0.266 e. The largest absolute Gasteiger partial charge is 0.493 e. The average Bonchev–Trinajstić information content (AvgIpc) is 3.13. The van der Waals surface area contributed by atoms with Crippen LogP contribution in [-0.2, 0) is 11.4 Å². The van der Waals surface area contributed by atoms with Gasteiger partial charge in [0.15, 0.2) is 16.7 Å². The Balaban J connectivity index is 1.54. The molecule has 0 bridgehead atoms. The van der Waals surface area contributed by atoms with Crippen molar-refractivity contribution in [1.29, 1.82) is 0 Å². The van der Waals surface area contributed by atoms with E-state index in [1.807, 2.05) is 56.3 Å². The smallest absolute Gasteiger partial charge is 0.266 e. The zero-order valence-electron chi connectivity index (χ0n) is 19.2. The highest BCUT2D eigenvalue weighted by atomic mass is 32.2. The summed E-state index contributed by atoms with van der Waals surface area (Å²) in [5, 5.41) is 0.657. The third-order valence-electron chi connectivity index (χ3n) is 5.23. The van der Waals surface area contributed by atoms with Crippen LogP contribution >= 0.6 is 11.8 Å². The van der Waals surface area contributed by atoms with Crippen molar-refractivity contribution < 1.29 is 18.7 Å². The molecule has 1 heterocycles. The molecule has 1 amide bonds. The molecular formula is C27H25FN2O3S. The van der Waals surface area contributed by atoms with Crippen molar-refractivity contribution in [2.75, 3.05) is 13.7 Å². The lowest BCUT2D eigenvalue weighted by atomic mass is 10.1. The summed E-state index contributed by atoms with van der Waals surface area (Å²) in [4.78, 5) is 19.9. The van der Waals surface area contributed by atoms with E-state index in [1.165, 1.54) is 23.9 Å². The summed E-state index contributed by atoms with van der Waals surface area (Å²) in [6.07, 6.45) is 1.83. The molecule has 4 rings (SSSR count). The summed E-state index contributed by atoms with van der Waals surface area (Å²) >= 11 is 1.35. The first kappa shape index (κ1) is 23.6. The molecule has 1 aliphatic rings. The predicted octanol–water partition coefficient (Wildman–Crippen LogP) is 6.35. The van der Waals surface area contributed by atoms with E-state index in [9.17, 15) is 9.18 Å². The molecule has 0 saturated carbocycles. The summed E-state index contributed by atoms with van der Waals surface area (Å²) in [7, 11) is 1.56. The summed E-state index contributed by atoms with van der Waals surface area (Å²) in [6, 6.07) is 19.6. The van der Waals surface area contributed by atoms with Gasteiger partial charge in [0, 0.05) is 6.54 Å². The van der Waals surface area contributed by atoms with Gasteiger partial charge in [0.2, 0.25) is 0 Å². The number of hydrogen-bond donors (Lipinski definition) is 0. The zero-order valence-corrected chi connectivity index (χ0v) is 20.1. The van der Waals surface area contributed by atoms with Crippen LogP contribution in [0.4, 0.5) is 10.1 Å². The maximum absolute atomic E-state index is 13.4. The highest BCUT2D eigenvalue weighted by Crippen LogP contribution is 2.36. The van der Waals surface area contributed by atoms with Crippen LogP contribution in [0.5, 0.6) is 11.5 Å². The molecule has 34 heavy (non-hydrogen) atoms. The van der Waals surface area contributed by atoms with Crippen molar-refractivity contribution in [1.82, 2.24) is 4.90 Å². The number of carbonyl (C=O) groups is 1. The highest BCUT2D eigenvalue weighted by molar-refractivity contribution is 8.18. The van der Waals surface area contributed by atoms with E-state index in [2.05, 4.69) is 4.99 Å². The van der Waals surface area contributed by atoms with E-state index in [1.54, 1.807) is 30.2 Å². The van der Waals surface area contributed by atoms with Crippen molar-refractivity contribution in [2.24, 2.45) is 4.99 Å². The summed E-state index contributed by atoms with van der Waals surface area (Å²) in [5.74, 6) is 0.683. The lowest BCUT2D eigenvalue weighted by molar-refractivity contribution is -0.122. The second kappa shape index (κ2) is 10.6. The Kier molecular flexibility index (Phi) is 7.33. The van der Waals surface area contributed by atoms with Gasteiger partial charge in [-0.3, -0.25) is 9.69 Å². The van der Waals surface area contributed by atoms with Crippen LogP contribution in [0.1, 0.15) is 23.6 Å². The number of aliphatic imine (C=N–C) groups is 1. The van der Waals surface area contributed by atoms with Gasteiger partial charge in [-0.05, 0) is 79.2 Å². The highest BCUT2D eigenvalue weighted by Gasteiger charge is 2.32. The third kappa shape index (κ3) is 5.48. The van der Waals surface area contributed by atoms with Gasteiger partial charge in [-0.2, -0.15) is 0 Å². The molecule has 0 radical (unpaired) electrons. The zero-order chi connectivity index (χ0) is 24.1. The molecule has 5 nitrogen and oxygen atoms in total. The average molecular weight is 477 g/mol. The third-order valence-corrected chi connectivity index (χ3v) is 6.24. The lowest BCUT2D eigenvalue weighted by Crippen LogP contribution is -2.28. The molecule has 0 atom stereocenters. The molecule has 1 saturated heterocycles. The number of likely N-dealkylation sites (N-methyl/N-ethyl adjacent to an activating group) is 1. The van der Waals surface area contributed by atoms with Crippen LogP contribution in [0, 0.1) is 12.7 Å². The maximum atomic E-state index is 13.4. The predicted molar refractivity (Wildman–Crippen MR) is 135 cm³/mol. The van der Waals surface area contributed by atoms with Crippen LogP contribution in [0.2, 0.25) is 0 Å². The van der Waals surface area contributed by atoms with Gasteiger partial charge in [-0.25, -0.2) is 9.38 Å². The molecule has 3 aromatic rings. The molecule has 7 heteroatoms. The SMILES string of the molecule is CCN1C(=O)/C(=C\c2ccc(OCc3cccc(F)c3)c(OC)c2)SC1=Nc1ccc(C)cc1. The number of nitrogens with zero attached hydrogens (tertiary/aromatic N) is 2. The number of methoxy groups -OCH3 is 1. The Morgan fingerprint density at radius 2 is 1.85 bits per heavy atom. The molecule has 174 valence electrons. The minimum absolute atomic E-state index is 0.0799. The first-order chi connectivity index (χ1) is 16.5. The quantitative estimate of drug-likeness (QED) is 0.373. The topological polar surface area (TPSA) is 51.1 Å². The van der Waals surface area contributed by atoms with E-state index >= 15 is 0 Å². The number of benzene rings is 3. The van der Waals surface area contributed by atoms with E-state index in [4.69, 9.17) is 9.47 Å². The van der Waals surface area contributed by atoms with Crippen molar-refractivity contribution in [3.63, 3.8) is 0 Å². The molecule has 0 spiro atoms. The molecule has 1 aliphatic heterocycles. The van der Waals surface area contributed by atoms with Crippen molar-refractivity contribution in [3.8, 4) is 11.5 Å². The number of amidine groups is 1. The number of ether oxygens (including phenoxy) is 2. The molecular weight excluding hydrogens is 451 g/mol. The fraction of sp³-hybridized carbons (Fsp3) is 0.185. The molecule has 0 aromatic heterocycles. The first-order valence-corrected chi connectivity index (χ1v) is 11.7. The van der Waals surface area contributed by atoms with Crippen LogP contribution < -0.4 is 9.47 Å². The van der Waals surface area contributed by atoms with Crippen LogP contribution in [0.25, 0.3) is 6.08 Å². The number of carbonyl (C=O) groups excluding carboxylic acids is 1. The number of thioether (sulfide) groups is 1. The molecule has 3 aromatic carbocycles. The Bertz CT molecular complexity index is 1250. The Labute approximate surface area is 202 Å². The van der Waals surface area contributed by atoms with Crippen molar-refractivity contribution in [2.45, 2.75) is 20.5 Å². The molecule has 0 aliphatic carbocycles. The molecule has 1 fully saturated rings. The van der Waals surface area contributed by atoms with Crippen LogP contribution in [0.3, 0.4) is 0 Å². The van der Waals surface area contributed by atoms with Crippen LogP contribution in [-0.4, -0.2) is 29.6 Å². The van der Waals surface area contributed by atoms with Crippen molar-refractivity contribution in [3.05, 3.63) is 94.1 Å². The Morgan fingerprint density at radius 3 is 2.56 bits per heavy atom. The Morgan fingerprint density at radius 1 is 1.06 bits per heavy atom. The second-order valence-electron chi connectivity index (χ2n) is 7.72. The molecule has 0 N–H and O–H groups in total. The number of amides is 1. The number of aryl methyl sites for hydroxylation is 1. The van der Waals surface area contributed by atoms with Gasteiger partial charge in [0.25, 0.3) is 5.91 Å².